The zero-order valence-electron chi connectivity index (χ0n) is 24.3. The Labute approximate surface area is 262 Å². The highest BCUT2D eigenvalue weighted by Crippen LogP contribution is 2.49. The quantitative estimate of drug-likeness (QED) is 0.127. The predicted molar refractivity (Wildman–Crippen MR) is 164 cm³/mol. The van der Waals surface area contributed by atoms with Crippen molar-refractivity contribution in [2.75, 3.05) is 0 Å². The fraction of sp³-hybridized carbons (Fsp3) is 0.0968. The lowest BCUT2D eigenvalue weighted by Crippen LogP contribution is -2.03. The molecule has 0 radical (unpaired) electrons. The van der Waals surface area contributed by atoms with E-state index in [0.717, 1.165) is 12.1 Å². The summed E-state index contributed by atoms with van der Waals surface area (Å²) >= 11 is 0. The smallest absolute Gasteiger partial charge is 0.318 e. The average molecular weight is 641 g/mol. The number of rotatable bonds is 5. The van der Waals surface area contributed by atoms with E-state index in [1.54, 1.807) is 38.1 Å². The van der Waals surface area contributed by atoms with Crippen LogP contribution in [0.2, 0.25) is 0 Å². The lowest BCUT2D eigenvalue weighted by atomic mass is 10.0. The van der Waals surface area contributed by atoms with Crippen LogP contribution in [0.15, 0.2) is 78.9 Å². The molecule has 236 valence electrons. The summed E-state index contributed by atoms with van der Waals surface area (Å²) in [6.45, 7) is 3.48. The molecule has 1 heterocycles. The molecule has 5 aromatic rings. The Morgan fingerprint density at radius 3 is 1.40 bits per heavy atom. The van der Waals surface area contributed by atoms with Gasteiger partial charge in [0.25, 0.3) is 0 Å². The van der Waals surface area contributed by atoms with Crippen LogP contribution >= 0.6 is 0 Å². The Balaban J connectivity index is 1.70. The Hall–Kier alpha value is -6.84. The molecule has 0 spiro atoms. The fourth-order valence-electron chi connectivity index (χ4n) is 5.12. The van der Waals surface area contributed by atoms with Gasteiger partial charge in [0.15, 0.2) is 0 Å². The van der Waals surface area contributed by atoms with Crippen molar-refractivity contribution in [2.24, 2.45) is 0 Å². The van der Waals surface area contributed by atoms with E-state index in [4.69, 9.17) is 18.9 Å². The molecule has 6 rings (SSSR count). The summed E-state index contributed by atoms with van der Waals surface area (Å²) in [4.78, 5) is 44.9. The van der Waals surface area contributed by atoms with Gasteiger partial charge in [0.1, 0.15) is 35.1 Å². The van der Waals surface area contributed by atoms with Gasteiger partial charge in [0, 0.05) is 29.1 Å². The van der Waals surface area contributed by atoms with Gasteiger partial charge in [-0.3, -0.25) is 40.5 Å². The SMILES string of the molecule is CC(C)c1c2cccc1Oc1cc(c([N+](=O)[O-])cc1[N+](=O)[O-])Oc1cc(cc3ccccc13)Oc1cc(c([N+](=O)[O-])cc1[N+](=O)[O-])O2. The zero-order valence-corrected chi connectivity index (χ0v) is 24.3. The molecule has 1 aliphatic rings. The van der Waals surface area contributed by atoms with E-state index in [2.05, 4.69) is 0 Å². The second-order valence-corrected chi connectivity index (χ2v) is 10.5. The molecule has 0 aromatic heterocycles. The highest BCUT2D eigenvalue weighted by molar-refractivity contribution is 5.90. The van der Waals surface area contributed by atoms with Gasteiger partial charge < -0.3 is 18.9 Å². The third kappa shape index (κ3) is 5.61. The third-order valence-electron chi connectivity index (χ3n) is 7.16. The molecule has 0 aliphatic carbocycles. The van der Waals surface area contributed by atoms with Gasteiger partial charge in [-0.25, -0.2) is 0 Å². The minimum absolute atomic E-state index is 0.0148. The van der Waals surface area contributed by atoms with Gasteiger partial charge in [-0.2, -0.15) is 0 Å². The standard InChI is InChI=1S/C31H20N4O12/c1-16(2)31-24-8-5-9-25(31)46-29-15-30(23(35(42)43)13-22(29)34(40)41)47-26-11-18(10-17-6-3-4-7-19(17)26)44-27-14-28(45-24)21(33(38)39)12-20(27)32(36)37/h3-16H,1-2H3. The molecule has 1 aliphatic heterocycles. The average Bonchev–Trinajstić information content (AvgIpc) is 3.00. The molecule has 0 saturated carbocycles. The molecule has 0 amide bonds. The van der Waals surface area contributed by atoms with Crippen LogP contribution < -0.4 is 18.9 Å². The second-order valence-electron chi connectivity index (χ2n) is 10.5. The maximum absolute atomic E-state index is 12.1. The van der Waals surface area contributed by atoms with Gasteiger partial charge in [-0.1, -0.05) is 44.2 Å². The maximum Gasteiger partial charge on any atom is 0.318 e. The van der Waals surface area contributed by atoms with Crippen molar-refractivity contribution in [3.05, 3.63) is 125 Å². The Morgan fingerprint density at radius 1 is 0.489 bits per heavy atom. The highest BCUT2D eigenvalue weighted by atomic mass is 16.6. The van der Waals surface area contributed by atoms with Crippen LogP contribution in [0.3, 0.4) is 0 Å². The first kappa shape index (κ1) is 30.2. The van der Waals surface area contributed by atoms with E-state index in [9.17, 15) is 40.5 Å². The Kier molecular flexibility index (Phi) is 7.44. The number of hydrogen-bond donors (Lipinski definition) is 0. The Bertz CT molecular complexity index is 2170. The first-order chi connectivity index (χ1) is 22.4. The molecule has 47 heavy (non-hydrogen) atoms. The zero-order chi connectivity index (χ0) is 33.6. The van der Waals surface area contributed by atoms with Crippen LogP contribution in [0.1, 0.15) is 25.3 Å². The van der Waals surface area contributed by atoms with E-state index in [-0.39, 0.29) is 23.0 Å². The van der Waals surface area contributed by atoms with Crippen molar-refractivity contribution in [1.82, 2.24) is 0 Å². The lowest BCUT2D eigenvalue weighted by Gasteiger charge is -2.19. The van der Waals surface area contributed by atoms with Crippen LogP contribution in [0.25, 0.3) is 10.8 Å². The summed E-state index contributed by atoms with van der Waals surface area (Å²) in [6.07, 6.45) is 0. The molecule has 0 saturated heterocycles. The first-order valence-corrected chi connectivity index (χ1v) is 13.7. The van der Waals surface area contributed by atoms with E-state index >= 15 is 0 Å². The topological polar surface area (TPSA) is 209 Å². The molecule has 0 fully saturated rings. The minimum Gasteiger partial charge on any atom is -0.450 e. The summed E-state index contributed by atoms with van der Waals surface area (Å²) in [6, 6.07) is 17.3. The van der Waals surface area contributed by atoms with Crippen molar-refractivity contribution in [3.63, 3.8) is 0 Å². The largest absolute Gasteiger partial charge is 0.450 e. The molecule has 8 bridgehead atoms. The van der Waals surface area contributed by atoms with Gasteiger partial charge in [-0.05, 0) is 29.5 Å². The molecular weight excluding hydrogens is 620 g/mol. The molecule has 16 nitrogen and oxygen atoms in total. The highest BCUT2D eigenvalue weighted by Gasteiger charge is 2.32. The number of benzene rings is 5. The van der Waals surface area contributed by atoms with E-state index in [1.165, 1.54) is 30.3 Å². The van der Waals surface area contributed by atoms with Gasteiger partial charge in [-0.15, -0.1) is 0 Å². The predicted octanol–water partition coefficient (Wildman–Crippen LogP) is 9.08. The molecule has 0 unspecified atom stereocenters. The summed E-state index contributed by atoms with van der Waals surface area (Å²) in [5.74, 6) is -2.03. The van der Waals surface area contributed by atoms with Gasteiger partial charge in [0.05, 0.1) is 19.7 Å². The Morgan fingerprint density at radius 2 is 0.936 bits per heavy atom. The summed E-state index contributed by atoms with van der Waals surface area (Å²) in [5, 5.41) is 49.3. The number of nitro groups is 4. The molecule has 16 heteroatoms. The summed E-state index contributed by atoms with van der Waals surface area (Å²) in [5.41, 5.74) is -2.63. The number of ether oxygens (including phenoxy) is 4. The normalized spacial score (nSPS) is 11.9. The van der Waals surface area contributed by atoms with E-state index in [1.807, 2.05) is 0 Å². The molecule has 0 N–H and O–H groups in total. The van der Waals surface area contributed by atoms with Crippen molar-refractivity contribution in [2.45, 2.75) is 19.8 Å². The first-order valence-electron chi connectivity index (χ1n) is 13.7. The van der Waals surface area contributed by atoms with Crippen LogP contribution in [0.4, 0.5) is 22.7 Å². The van der Waals surface area contributed by atoms with E-state index < -0.39 is 71.4 Å². The van der Waals surface area contributed by atoms with E-state index in [0.29, 0.717) is 28.5 Å². The lowest BCUT2D eigenvalue weighted by molar-refractivity contribution is -0.395. The fourth-order valence-corrected chi connectivity index (χ4v) is 5.12. The summed E-state index contributed by atoms with van der Waals surface area (Å²) < 4.78 is 24.0. The van der Waals surface area contributed by atoms with Crippen LogP contribution in [-0.2, 0) is 0 Å². The number of fused-ring (bicyclic) bond motifs is 10. The van der Waals surface area contributed by atoms with Crippen molar-refractivity contribution < 1.29 is 38.6 Å². The number of nitro benzene ring substituents is 4. The number of nitrogens with zero attached hydrogens (tertiary/aromatic N) is 4. The maximum atomic E-state index is 12.1. The van der Waals surface area contributed by atoms with Gasteiger partial charge >= 0.3 is 22.7 Å². The van der Waals surface area contributed by atoms with Crippen molar-refractivity contribution >= 4 is 33.5 Å². The van der Waals surface area contributed by atoms with Crippen molar-refractivity contribution in [1.29, 1.82) is 0 Å². The molecule has 5 aromatic carbocycles. The number of hydrogen-bond acceptors (Lipinski definition) is 12. The second kappa shape index (κ2) is 11.6. The minimum atomic E-state index is -0.849. The summed E-state index contributed by atoms with van der Waals surface area (Å²) in [7, 11) is 0. The third-order valence-corrected chi connectivity index (χ3v) is 7.16. The monoisotopic (exact) mass is 640 g/mol. The van der Waals surface area contributed by atoms with Gasteiger partial charge in [0.2, 0.25) is 23.0 Å². The molecule has 0 atom stereocenters. The van der Waals surface area contributed by atoms with Crippen LogP contribution in [0, 0.1) is 40.5 Å². The van der Waals surface area contributed by atoms with Crippen LogP contribution in [0.5, 0.6) is 46.0 Å². The van der Waals surface area contributed by atoms with Crippen molar-refractivity contribution in [3.8, 4) is 46.0 Å². The molecular formula is C31H20N4O12. The van der Waals surface area contributed by atoms with Crippen LogP contribution in [-0.4, -0.2) is 19.7 Å².